The highest BCUT2D eigenvalue weighted by Gasteiger charge is 2.10. The summed E-state index contributed by atoms with van der Waals surface area (Å²) in [5.41, 5.74) is 1.48. The number of carbonyl (C=O) groups is 1. The smallest absolute Gasteiger partial charge is 0.262 e. The van der Waals surface area contributed by atoms with Gasteiger partial charge in [0.25, 0.3) is 11.5 Å². The third-order valence-corrected chi connectivity index (χ3v) is 5.64. The van der Waals surface area contributed by atoms with Crippen LogP contribution in [-0.4, -0.2) is 27.8 Å². The van der Waals surface area contributed by atoms with E-state index in [2.05, 4.69) is 10.3 Å². The van der Waals surface area contributed by atoms with Crippen molar-refractivity contribution in [1.82, 2.24) is 14.9 Å². The van der Waals surface area contributed by atoms with Crippen molar-refractivity contribution < 1.29 is 9.18 Å². The molecule has 0 radical (unpaired) electrons. The van der Waals surface area contributed by atoms with E-state index in [1.807, 2.05) is 6.92 Å². The SMILES string of the molecule is CCn1c(=S)[nH]c2cc(C(=O)NCCSCc3ccccc3F)ccc2c1=O. The zero-order chi connectivity index (χ0) is 20.1. The normalized spacial score (nSPS) is 10.9. The second-order valence-corrected chi connectivity index (χ2v) is 7.63. The van der Waals surface area contributed by atoms with Gasteiger partial charge in [-0.3, -0.25) is 14.2 Å². The van der Waals surface area contributed by atoms with E-state index in [-0.39, 0.29) is 17.3 Å². The third-order valence-electron chi connectivity index (χ3n) is 4.31. The molecule has 0 saturated heterocycles. The number of thioether (sulfide) groups is 1. The quantitative estimate of drug-likeness (QED) is 0.452. The molecule has 3 rings (SSSR count). The highest BCUT2D eigenvalue weighted by molar-refractivity contribution is 7.98. The number of nitrogens with one attached hydrogen (secondary N) is 2. The van der Waals surface area contributed by atoms with Gasteiger partial charge >= 0.3 is 0 Å². The molecule has 0 bridgehead atoms. The molecule has 1 heterocycles. The van der Waals surface area contributed by atoms with E-state index in [4.69, 9.17) is 12.2 Å². The van der Waals surface area contributed by atoms with E-state index in [1.165, 1.54) is 10.6 Å². The number of amides is 1. The Labute approximate surface area is 171 Å². The highest BCUT2D eigenvalue weighted by atomic mass is 32.2. The molecule has 3 aromatic rings. The standard InChI is InChI=1S/C20H20FN3O2S2/c1-2-24-19(26)15-8-7-13(11-17(15)23-20(24)27)18(25)22-9-10-28-12-14-5-3-4-6-16(14)21/h3-8,11H,2,9-10,12H2,1H3,(H,22,25)(H,23,27). The molecule has 1 aromatic heterocycles. The van der Waals surface area contributed by atoms with Crippen molar-refractivity contribution >= 4 is 40.8 Å². The molecule has 0 spiro atoms. The predicted molar refractivity (Wildman–Crippen MR) is 114 cm³/mol. The van der Waals surface area contributed by atoms with Crippen molar-refractivity contribution in [2.24, 2.45) is 0 Å². The lowest BCUT2D eigenvalue weighted by Crippen LogP contribution is -2.26. The van der Waals surface area contributed by atoms with Crippen molar-refractivity contribution in [2.45, 2.75) is 19.2 Å². The van der Waals surface area contributed by atoms with Crippen LogP contribution < -0.4 is 10.9 Å². The number of halogens is 1. The Morgan fingerprint density at radius 2 is 2.07 bits per heavy atom. The Morgan fingerprint density at radius 1 is 1.29 bits per heavy atom. The summed E-state index contributed by atoms with van der Waals surface area (Å²) in [6.07, 6.45) is 0. The minimum atomic E-state index is -0.229. The number of hydrogen-bond acceptors (Lipinski definition) is 4. The molecule has 8 heteroatoms. The third kappa shape index (κ3) is 4.51. The number of hydrogen-bond donors (Lipinski definition) is 2. The van der Waals surface area contributed by atoms with Gasteiger partial charge in [-0.25, -0.2) is 4.39 Å². The number of fused-ring (bicyclic) bond motifs is 1. The average Bonchev–Trinajstić information content (AvgIpc) is 2.68. The molecule has 146 valence electrons. The molecule has 2 N–H and O–H groups in total. The second-order valence-electron chi connectivity index (χ2n) is 6.14. The maximum atomic E-state index is 13.6. The summed E-state index contributed by atoms with van der Waals surface area (Å²) in [7, 11) is 0. The van der Waals surface area contributed by atoms with Gasteiger partial charge in [-0.05, 0) is 49.0 Å². The molecule has 2 aromatic carbocycles. The fourth-order valence-electron chi connectivity index (χ4n) is 2.82. The van der Waals surface area contributed by atoms with Crippen molar-refractivity contribution in [1.29, 1.82) is 0 Å². The molecule has 5 nitrogen and oxygen atoms in total. The first kappa shape index (κ1) is 20.3. The Kier molecular flexibility index (Phi) is 6.64. The van der Waals surface area contributed by atoms with Gasteiger partial charge in [0.05, 0.1) is 10.9 Å². The van der Waals surface area contributed by atoms with Crippen LogP contribution in [0.1, 0.15) is 22.8 Å². The zero-order valence-corrected chi connectivity index (χ0v) is 17.0. The Hall–Kier alpha value is -2.45. The first-order chi connectivity index (χ1) is 13.5. The van der Waals surface area contributed by atoms with E-state index >= 15 is 0 Å². The summed E-state index contributed by atoms with van der Waals surface area (Å²) in [5, 5.41) is 3.33. The largest absolute Gasteiger partial charge is 0.351 e. The molecular weight excluding hydrogens is 397 g/mol. The van der Waals surface area contributed by atoms with Crippen molar-refractivity contribution in [3.8, 4) is 0 Å². The van der Waals surface area contributed by atoms with Gasteiger partial charge < -0.3 is 10.3 Å². The summed E-state index contributed by atoms with van der Waals surface area (Å²) in [6, 6.07) is 11.6. The zero-order valence-electron chi connectivity index (χ0n) is 15.3. The van der Waals surface area contributed by atoms with E-state index < -0.39 is 0 Å². The van der Waals surface area contributed by atoms with Gasteiger partial charge in [0.2, 0.25) is 0 Å². The fourth-order valence-corrected chi connectivity index (χ4v) is 3.99. The van der Waals surface area contributed by atoms with Gasteiger partial charge in [-0.1, -0.05) is 18.2 Å². The van der Waals surface area contributed by atoms with Crippen molar-refractivity contribution in [2.75, 3.05) is 12.3 Å². The minimum absolute atomic E-state index is 0.169. The number of H-pyrrole nitrogens is 1. The number of carbonyl (C=O) groups excluding carboxylic acids is 1. The lowest BCUT2D eigenvalue weighted by molar-refractivity contribution is 0.0956. The lowest BCUT2D eigenvalue weighted by Gasteiger charge is -2.08. The Bertz CT molecular complexity index is 1120. The predicted octanol–water partition coefficient (Wildman–Crippen LogP) is 3.88. The highest BCUT2D eigenvalue weighted by Crippen LogP contribution is 2.15. The van der Waals surface area contributed by atoms with Crippen LogP contribution in [0.4, 0.5) is 4.39 Å². The molecule has 1 amide bonds. The van der Waals surface area contributed by atoms with Gasteiger partial charge in [0.1, 0.15) is 5.82 Å². The summed E-state index contributed by atoms with van der Waals surface area (Å²) in [4.78, 5) is 27.8. The molecular formula is C20H20FN3O2S2. The number of benzene rings is 2. The minimum Gasteiger partial charge on any atom is -0.351 e. The lowest BCUT2D eigenvalue weighted by atomic mass is 10.1. The van der Waals surface area contributed by atoms with Gasteiger partial charge in [0, 0.05) is 30.2 Å². The summed E-state index contributed by atoms with van der Waals surface area (Å²) in [6.45, 7) is 2.79. The van der Waals surface area contributed by atoms with Gasteiger partial charge in [-0.2, -0.15) is 11.8 Å². The molecule has 0 fully saturated rings. The van der Waals surface area contributed by atoms with Crippen LogP contribution in [0.25, 0.3) is 10.9 Å². The Morgan fingerprint density at radius 3 is 2.82 bits per heavy atom. The first-order valence-corrected chi connectivity index (χ1v) is 10.4. The molecule has 28 heavy (non-hydrogen) atoms. The van der Waals surface area contributed by atoms with E-state index in [1.54, 1.807) is 48.2 Å². The van der Waals surface area contributed by atoms with Crippen LogP contribution in [0, 0.1) is 10.6 Å². The van der Waals surface area contributed by atoms with Crippen LogP contribution in [0.2, 0.25) is 0 Å². The van der Waals surface area contributed by atoms with E-state index in [9.17, 15) is 14.0 Å². The second kappa shape index (κ2) is 9.16. The number of nitrogens with zero attached hydrogens (tertiary/aromatic N) is 1. The average molecular weight is 418 g/mol. The number of rotatable bonds is 7. The van der Waals surface area contributed by atoms with Crippen molar-refractivity contribution in [3.63, 3.8) is 0 Å². The summed E-state index contributed by atoms with van der Waals surface area (Å²) >= 11 is 6.75. The summed E-state index contributed by atoms with van der Waals surface area (Å²) < 4.78 is 15.4. The molecule has 0 aliphatic carbocycles. The maximum Gasteiger partial charge on any atom is 0.262 e. The molecule has 0 aliphatic rings. The van der Waals surface area contributed by atoms with Crippen LogP contribution >= 0.6 is 24.0 Å². The summed E-state index contributed by atoms with van der Waals surface area (Å²) in [5.74, 6) is 0.776. The van der Waals surface area contributed by atoms with Crippen molar-refractivity contribution in [3.05, 3.63) is 74.5 Å². The molecule has 0 atom stereocenters. The van der Waals surface area contributed by atoms with E-state index in [0.29, 0.717) is 51.4 Å². The fraction of sp³-hybridized carbons (Fsp3) is 0.250. The first-order valence-electron chi connectivity index (χ1n) is 8.87. The van der Waals surface area contributed by atoms with E-state index in [0.717, 1.165) is 0 Å². The van der Waals surface area contributed by atoms with Crippen LogP contribution in [0.15, 0.2) is 47.3 Å². The van der Waals surface area contributed by atoms with Gasteiger partial charge in [-0.15, -0.1) is 0 Å². The van der Waals surface area contributed by atoms with Gasteiger partial charge in [0.15, 0.2) is 4.77 Å². The Balaban J connectivity index is 1.60. The van der Waals surface area contributed by atoms with Crippen LogP contribution in [-0.2, 0) is 12.3 Å². The topological polar surface area (TPSA) is 66.9 Å². The monoisotopic (exact) mass is 417 g/mol. The molecule has 0 saturated carbocycles. The van der Waals surface area contributed by atoms with Crippen LogP contribution in [0.5, 0.6) is 0 Å². The number of aromatic amines is 1. The maximum absolute atomic E-state index is 13.6. The van der Waals surface area contributed by atoms with Crippen LogP contribution in [0.3, 0.4) is 0 Å². The molecule has 0 unspecified atom stereocenters. The molecule has 0 aliphatic heterocycles. The number of aromatic nitrogens is 2.